The van der Waals surface area contributed by atoms with Crippen LogP contribution in [0.3, 0.4) is 0 Å². The van der Waals surface area contributed by atoms with Gasteiger partial charge in [-0.25, -0.2) is 0 Å². The Labute approximate surface area is 93.7 Å². The van der Waals surface area contributed by atoms with Gasteiger partial charge in [-0.2, -0.15) is 0 Å². The molecular weight excluding hydrogens is 206 g/mol. The van der Waals surface area contributed by atoms with Gasteiger partial charge in [-0.15, -0.1) is 0 Å². The molecule has 0 bridgehead atoms. The highest BCUT2D eigenvalue weighted by atomic mass is 16.6. The molecule has 0 saturated carbocycles. The first kappa shape index (κ1) is 10.7. The third-order valence-corrected chi connectivity index (χ3v) is 2.63. The van der Waals surface area contributed by atoms with Crippen molar-refractivity contribution in [2.75, 3.05) is 0 Å². The number of fused-ring (bicyclic) bond motifs is 1. The predicted octanol–water partition coefficient (Wildman–Crippen LogP) is 2.95. The highest BCUT2D eigenvalue weighted by molar-refractivity contribution is 5.64. The molecule has 0 radical (unpaired) electrons. The molecule has 0 aromatic heterocycles. The molecule has 1 aliphatic heterocycles. The van der Waals surface area contributed by atoms with Gasteiger partial charge in [0.15, 0.2) is 0 Å². The van der Waals surface area contributed by atoms with Crippen molar-refractivity contribution in [2.24, 2.45) is 0 Å². The molecule has 0 amide bonds. The van der Waals surface area contributed by atoms with Gasteiger partial charge in [0.2, 0.25) is 0 Å². The average Bonchev–Trinajstić information content (AvgIpc) is 2.48. The maximum absolute atomic E-state index is 10.9. The van der Waals surface area contributed by atoms with Gasteiger partial charge >= 0.3 is 0 Å². The Hall–Kier alpha value is -1.84. The Kier molecular flexibility index (Phi) is 2.22. The van der Waals surface area contributed by atoms with Crippen LogP contribution in [0.15, 0.2) is 18.7 Å². The molecule has 0 aliphatic carbocycles. The molecular formula is C12H13NO3. The summed E-state index contributed by atoms with van der Waals surface area (Å²) in [6, 6.07) is 3.27. The van der Waals surface area contributed by atoms with Gasteiger partial charge in [0.25, 0.3) is 5.69 Å². The molecule has 4 heteroatoms. The maximum atomic E-state index is 10.9. The number of hydrogen-bond donors (Lipinski definition) is 0. The fourth-order valence-electron chi connectivity index (χ4n) is 1.97. The SMILES string of the molecule is C=Cc1cc2c(cc1[N+](=O)[O-])CC(C)(C)O2. The summed E-state index contributed by atoms with van der Waals surface area (Å²) in [6.45, 7) is 7.51. The van der Waals surface area contributed by atoms with E-state index in [0.717, 1.165) is 11.3 Å². The fraction of sp³-hybridized carbons (Fsp3) is 0.333. The number of hydrogen-bond acceptors (Lipinski definition) is 3. The van der Waals surface area contributed by atoms with Crippen molar-refractivity contribution in [3.8, 4) is 5.75 Å². The zero-order chi connectivity index (χ0) is 11.9. The van der Waals surface area contributed by atoms with E-state index in [1.54, 1.807) is 12.1 Å². The normalized spacial score (nSPS) is 16.4. The minimum atomic E-state index is -0.386. The van der Waals surface area contributed by atoms with E-state index in [-0.39, 0.29) is 16.2 Å². The molecule has 1 heterocycles. The van der Waals surface area contributed by atoms with E-state index in [1.165, 1.54) is 6.08 Å². The molecule has 84 valence electrons. The Bertz CT molecular complexity index is 477. The summed E-state index contributed by atoms with van der Waals surface area (Å²) < 4.78 is 5.70. The number of nitrogens with zero attached hydrogens (tertiary/aromatic N) is 1. The number of benzene rings is 1. The second-order valence-corrected chi connectivity index (χ2v) is 4.52. The van der Waals surface area contributed by atoms with Crippen molar-refractivity contribution >= 4 is 11.8 Å². The Morgan fingerprint density at radius 3 is 2.81 bits per heavy atom. The lowest BCUT2D eigenvalue weighted by molar-refractivity contribution is -0.385. The molecule has 2 rings (SSSR count). The van der Waals surface area contributed by atoms with Gasteiger partial charge in [-0.3, -0.25) is 10.1 Å². The van der Waals surface area contributed by atoms with E-state index < -0.39 is 0 Å². The number of ether oxygens (including phenoxy) is 1. The third kappa shape index (κ3) is 1.66. The molecule has 0 atom stereocenters. The smallest absolute Gasteiger partial charge is 0.277 e. The molecule has 0 fully saturated rings. The molecule has 4 nitrogen and oxygen atoms in total. The molecule has 0 saturated heterocycles. The molecule has 0 N–H and O–H groups in total. The van der Waals surface area contributed by atoms with Gasteiger partial charge in [0.05, 0.1) is 10.5 Å². The number of nitro groups is 1. The van der Waals surface area contributed by atoms with E-state index in [9.17, 15) is 10.1 Å². The average molecular weight is 219 g/mol. The van der Waals surface area contributed by atoms with E-state index in [4.69, 9.17) is 4.74 Å². The van der Waals surface area contributed by atoms with Crippen LogP contribution in [-0.2, 0) is 6.42 Å². The molecule has 1 aromatic carbocycles. The van der Waals surface area contributed by atoms with Crippen LogP contribution in [-0.4, -0.2) is 10.5 Å². The number of nitro benzene ring substituents is 1. The van der Waals surface area contributed by atoms with E-state index in [0.29, 0.717) is 12.0 Å². The fourth-order valence-corrected chi connectivity index (χ4v) is 1.97. The second kappa shape index (κ2) is 3.33. The van der Waals surface area contributed by atoms with Crippen LogP contribution in [0.25, 0.3) is 6.08 Å². The summed E-state index contributed by atoms with van der Waals surface area (Å²) in [5.41, 5.74) is 1.20. The van der Waals surface area contributed by atoms with Crippen LogP contribution in [0.5, 0.6) is 5.75 Å². The Morgan fingerprint density at radius 1 is 1.56 bits per heavy atom. The molecule has 0 unspecified atom stereocenters. The summed E-state index contributed by atoms with van der Waals surface area (Å²) in [6.07, 6.45) is 2.17. The van der Waals surface area contributed by atoms with E-state index in [1.807, 2.05) is 13.8 Å². The van der Waals surface area contributed by atoms with Crippen LogP contribution in [0.2, 0.25) is 0 Å². The highest BCUT2D eigenvalue weighted by Gasteiger charge is 2.32. The maximum Gasteiger partial charge on any atom is 0.277 e. The summed E-state index contributed by atoms with van der Waals surface area (Å²) in [5.74, 6) is 0.727. The minimum Gasteiger partial charge on any atom is -0.487 e. The van der Waals surface area contributed by atoms with Crippen LogP contribution >= 0.6 is 0 Å². The summed E-state index contributed by atoms with van der Waals surface area (Å²) in [4.78, 5) is 10.5. The first-order chi connectivity index (χ1) is 7.43. The van der Waals surface area contributed by atoms with Crippen LogP contribution in [0.1, 0.15) is 25.0 Å². The number of rotatable bonds is 2. The predicted molar refractivity (Wildman–Crippen MR) is 61.6 cm³/mol. The molecule has 0 spiro atoms. The van der Waals surface area contributed by atoms with Crippen LogP contribution in [0, 0.1) is 10.1 Å². The third-order valence-electron chi connectivity index (χ3n) is 2.63. The zero-order valence-electron chi connectivity index (χ0n) is 9.32. The summed E-state index contributed by atoms with van der Waals surface area (Å²) >= 11 is 0. The topological polar surface area (TPSA) is 52.4 Å². The quantitative estimate of drug-likeness (QED) is 0.567. The monoisotopic (exact) mass is 219 g/mol. The lowest BCUT2D eigenvalue weighted by Crippen LogP contribution is -2.24. The molecule has 1 aliphatic rings. The van der Waals surface area contributed by atoms with Crippen molar-refractivity contribution in [2.45, 2.75) is 25.9 Å². The van der Waals surface area contributed by atoms with Crippen molar-refractivity contribution in [1.29, 1.82) is 0 Å². The van der Waals surface area contributed by atoms with Crippen LogP contribution < -0.4 is 4.74 Å². The van der Waals surface area contributed by atoms with E-state index >= 15 is 0 Å². The lowest BCUT2D eigenvalue weighted by atomic mass is 10.00. The first-order valence-corrected chi connectivity index (χ1v) is 5.06. The van der Waals surface area contributed by atoms with Gasteiger partial charge in [0.1, 0.15) is 11.4 Å². The van der Waals surface area contributed by atoms with Crippen molar-refractivity contribution in [3.05, 3.63) is 40.0 Å². The lowest BCUT2D eigenvalue weighted by Gasteiger charge is -2.16. The second-order valence-electron chi connectivity index (χ2n) is 4.52. The Morgan fingerprint density at radius 2 is 2.25 bits per heavy atom. The van der Waals surface area contributed by atoms with Gasteiger partial charge < -0.3 is 4.74 Å². The standard InChI is InChI=1S/C12H13NO3/c1-4-8-6-11-9(5-10(8)13(14)15)7-12(2,3)16-11/h4-6H,1,7H2,2-3H3. The largest absolute Gasteiger partial charge is 0.487 e. The van der Waals surface area contributed by atoms with Crippen molar-refractivity contribution < 1.29 is 9.66 Å². The Balaban J connectivity index is 2.55. The van der Waals surface area contributed by atoms with Gasteiger partial charge in [0, 0.05) is 18.1 Å². The minimum absolute atomic E-state index is 0.0926. The van der Waals surface area contributed by atoms with E-state index in [2.05, 4.69) is 6.58 Å². The summed E-state index contributed by atoms with van der Waals surface area (Å²) in [5, 5.41) is 10.9. The molecule has 16 heavy (non-hydrogen) atoms. The van der Waals surface area contributed by atoms with Gasteiger partial charge in [-0.05, 0) is 19.9 Å². The van der Waals surface area contributed by atoms with Crippen molar-refractivity contribution in [3.63, 3.8) is 0 Å². The first-order valence-electron chi connectivity index (χ1n) is 5.06. The molecule has 1 aromatic rings. The van der Waals surface area contributed by atoms with Crippen molar-refractivity contribution in [1.82, 2.24) is 0 Å². The van der Waals surface area contributed by atoms with Crippen LogP contribution in [0.4, 0.5) is 5.69 Å². The highest BCUT2D eigenvalue weighted by Crippen LogP contribution is 2.39. The zero-order valence-corrected chi connectivity index (χ0v) is 9.32. The van der Waals surface area contributed by atoms with Gasteiger partial charge in [-0.1, -0.05) is 12.7 Å². The summed E-state index contributed by atoms with van der Waals surface area (Å²) in [7, 11) is 0.